The SMILES string of the molecule is C#Cc1cnn(CCCCNc2cccc3c2C(=O)N(C2CCC(=O)NC2=O)C3=O)c1.Ic1cn[nH]c1.NCCCCn1cc(I)cn1.O=C1CCC(N2C(=O)c3cccc(NCCCCn4cc(I)cn4)c3C2=O)C(=O)N1. The highest BCUT2D eigenvalue weighted by Crippen LogP contribution is 2.34. The number of hydrogen-bond acceptors (Lipinski definition) is 15. The molecule has 2 aromatic carbocycles. The van der Waals surface area contributed by atoms with Gasteiger partial charge in [-0.2, -0.15) is 20.4 Å². The fourth-order valence-electron chi connectivity index (χ4n) is 8.70. The van der Waals surface area contributed by atoms with Gasteiger partial charge < -0.3 is 16.4 Å². The zero-order chi connectivity index (χ0) is 55.7. The minimum Gasteiger partial charge on any atom is -0.384 e. The van der Waals surface area contributed by atoms with Gasteiger partial charge in [-0.15, -0.1) is 6.42 Å². The van der Waals surface area contributed by atoms with Gasteiger partial charge >= 0.3 is 0 Å². The van der Waals surface area contributed by atoms with Crippen LogP contribution < -0.4 is 27.0 Å². The molecule has 0 aliphatic carbocycles. The third-order valence-electron chi connectivity index (χ3n) is 12.5. The van der Waals surface area contributed by atoms with Crippen LogP contribution in [0.2, 0.25) is 0 Å². The highest BCUT2D eigenvalue weighted by Gasteiger charge is 2.47. The summed E-state index contributed by atoms with van der Waals surface area (Å²) in [5.41, 5.74) is 8.33. The van der Waals surface area contributed by atoms with E-state index in [1.165, 1.54) is 3.57 Å². The molecular formula is C52H56I3N15O8. The van der Waals surface area contributed by atoms with Gasteiger partial charge in [-0.3, -0.25) is 77.9 Å². The molecule has 0 spiro atoms. The first-order valence-corrected chi connectivity index (χ1v) is 28.3. The Labute approximate surface area is 489 Å². The van der Waals surface area contributed by atoms with E-state index < -0.39 is 53.4 Å². The molecule has 8 amide bonds. The molecule has 10 rings (SSSR count). The van der Waals surface area contributed by atoms with Crippen LogP contribution in [0.4, 0.5) is 11.4 Å². The van der Waals surface area contributed by atoms with Gasteiger partial charge in [0.2, 0.25) is 23.6 Å². The number of rotatable bonds is 18. The molecule has 7 N–H and O–H groups in total. The lowest BCUT2D eigenvalue weighted by molar-refractivity contribution is -0.137. The number of halogens is 3. The maximum Gasteiger partial charge on any atom is 0.264 e. The Bertz CT molecular complexity index is 3180. The van der Waals surface area contributed by atoms with E-state index in [0.717, 1.165) is 87.2 Å². The highest BCUT2D eigenvalue weighted by atomic mass is 127. The molecule has 23 nitrogen and oxygen atoms in total. The molecule has 78 heavy (non-hydrogen) atoms. The molecule has 8 heterocycles. The van der Waals surface area contributed by atoms with Crippen LogP contribution in [-0.2, 0) is 38.8 Å². The van der Waals surface area contributed by atoms with Crippen molar-refractivity contribution in [3.63, 3.8) is 0 Å². The quantitative estimate of drug-likeness (QED) is 0.0280. The first kappa shape index (κ1) is 58.8. The minimum absolute atomic E-state index is 0.0913. The number of carbonyl (C=O) groups is 8. The number of amides is 8. The molecule has 4 aliphatic heterocycles. The highest BCUT2D eigenvalue weighted by molar-refractivity contribution is 14.1. The number of nitrogens with two attached hydrogens (primary N) is 1. The van der Waals surface area contributed by atoms with E-state index in [1.54, 1.807) is 53.5 Å². The van der Waals surface area contributed by atoms with Crippen LogP contribution in [0.25, 0.3) is 0 Å². The molecule has 408 valence electrons. The van der Waals surface area contributed by atoms with Crippen molar-refractivity contribution in [2.75, 3.05) is 30.3 Å². The van der Waals surface area contributed by atoms with Crippen molar-refractivity contribution < 1.29 is 38.4 Å². The summed E-state index contributed by atoms with van der Waals surface area (Å²) in [6, 6.07) is 8.15. The van der Waals surface area contributed by atoms with Crippen molar-refractivity contribution in [3.05, 3.63) is 125 Å². The molecule has 2 unspecified atom stereocenters. The van der Waals surface area contributed by atoms with E-state index in [1.807, 2.05) is 46.5 Å². The predicted molar refractivity (Wildman–Crippen MR) is 311 cm³/mol. The number of carbonyl (C=O) groups excluding carboxylic acids is 8. The Morgan fingerprint density at radius 2 is 1.05 bits per heavy atom. The number of H-pyrrole nitrogens is 1. The molecule has 4 aromatic heterocycles. The molecule has 0 saturated carbocycles. The molecule has 2 fully saturated rings. The topological polar surface area (TPSA) is 299 Å². The number of unbranched alkanes of at least 4 members (excludes halogenated alkanes) is 3. The number of fused-ring (bicyclic) bond motifs is 2. The average Bonchev–Trinajstić information content (AvgIpc) is 4.34. The second-order valence-corrected chi connectivity index (χ2v) is 21.7. The van der Waals surface area contributed by atoms with Gasteiger partial charge in [-0.05, 0) is 150 Å². The lowest BCUT2D eigenvalue weighted by atomic mass is 10.0. The van der Waals surface area contributed by atoms with Gasteiger partial charge in [0.25, 0.3) is 23.6 Å². The van der Waals surface area contributed by atoms with E-state index in [0.29, 0.717) is 24.5 Å². The Kier molecular flexibility index (Phi) is 21.6. The van der Waals surface area contributed by atoms with E-state index in [4.69, 9.17) is 12.2 Å². The lowest BCUT2D eigenvalue weighted by Gasteiger charge is -2.27. The Hall–Kier alpha value is -6.85. The zero-order valence-electron chi connectivity index (χ0n) is 42.1. The fourth-order valence-corrected chi connectivity index (χ4v) is 9.87. The Morgan fingerprint density at radius 1 is 0.590 bits per heavy atom. The smallest absolute Gasteiger partial charge is 0.264 e. The number of terminal acetylenes is 1. The molecule has 2 saturated heterocycles. The Morgan fingerprint density at radius 3 is 1.42 bits per heavy atom. The number of aryl methyl sites for hydroxylation is 3. The van der Waals surface area contributed by atoms with Crippen molar-refractivity contribution in [1.82, 2.24) is 60.0 Å². The summed E-state index contributed by atoms with van der Waals surface area (Å²) in [5.74, 6) is -1.51. The molecule has 0 bridgehead atoms. The molecule has 0 radical (unpaired) electrons. The predicted octanol–water partition coefficient (Wildman–Crippen LogP) is 5.18. The van der Waals surface area contributed by atoms with Crippen molar-refractivity contribution >= 4 is 126 Å². The van der Waals surface area contributed by atoms with Crippen LogP contribution in [0, 0.1) is 23.1 Å². The summed E-state index contributed by atoms with van der Waals surface area (Å²) in [7, 11) is 0. The van der Waals surface area contributed by atoms with Crippen molar-refractivity contribution in [3.8, 4) is 12.3 Å². The number of hydrogen-bond donors (Lipinski definition) is 6. The summed E-state index contributed by atoms with van der Waals surface area (Å²) in [4.78, 5) is 101. The fraction of sp³-hybridized carbons (Fsp3) is 0.346. The van der Waals surface area contributed by atoms with Crippen molar-refractivity contribution in [2.24, 2.45) is 5.73 Å². The normalized spacial score (nSPS) is 16.4. The van der Waals surface area contributed by atoms with Crippen LogP contribution in [0.5, 0.6) is 0 Å². The van der Waals surface area contributed by atoms with Crippen LogP contribution >= 0.6 is 67.8 Å². The van der Waals surface area contributed by atoms with Gasteiger partial charge in [0, 0.05) is 81.7 Å². The maximum absolute atomic E-state index is 13.0. The molecule has 6 aromatic rings. The first-order chi connectivity index (χ1) is 37.7. The van der Waals surface area contributed by atoms with Crippen molar-refractivity contribution in [1.29, 1.82) is 0 Å². The number of aromatic amines is 1. The summed E-state index contributed by atoms with van der Waals surface area (Å²) in [6.07, 6.45) is 26.2. The summed E-state index contributed by atoms with van der Waals surface area (Å²) in [5, 5.41) is 29.8. The van der Waals surface area contributed by atoms with Gasteiger partial charge in [0.15, 0.2) is 0 Å². The van der Waals surface area contributed by atoms with Gasteiger partial charge in [-0.25, -0.2) is 0 Å². The maximum atomic E-state index is 13.0. The number of nitrogens with one attached hydrogen (secondary N) is 5. The van der Waals surface area contributed by atoms with Crippen LogP contribution in [0.3, 0.4) is 0 Å². The first-order valence-electron chi connectivity index (χ1n) is 25.0. The molecular weight excluding hydrogens is 1340 g/mol. The Balaban J connectivity index is 0.000000174. The number of benzene rings is 2. The summed E-state index contributed by atoms with van der Waals surface area (Å²) >= 11 is 6.65. The average molecular weight is 1400 g/mol. The van der Waals surface area contributed by atoms with Crippen molar-refractivity contribution in [2.45, 2.75) is 95.9 Å². The summed E-state index contributed by atoms with van der Waals surface area (Å²) < 4.78 is 9.06. The standard InChI is InChI=1S/C22H21N5O4.C20H20IN5O4.C7H12IN3.C3H3IN2/c1-2-14-12-24-26(13-14)11-4-3-10-23-16-7-5-6-15-19(16)22(31)27(21(15)30)17-8-9-18(28)25-20(17)29;21-12-10-23-25(11-12)9-2-1-8-22-14-5-3-4-13-17(14)20(30)26(19(13)29)15-6-7-16(27)24-18(15)28;8-7-5-10-11(6-7)4-2-1-3-9;4-3-1-5-6-2-3/h1,5-7,12-13,17,23H,3-4,8-11H2,(H,25,28,29);3-5,10-11,15,22H,1-2,6-9H2,(H,24,27,28);5-6H,1-4,9H2;1-2H,(H,5,6). The van der Waals surface area contributed by atoms with E-state index in [2.05, 4.69) is 120 Å². The van der Waals surface area contributed by atoms with Gasteiger partial charge in [-0.1, -0.05) is 18.1 Å². The number of aromatic nitrogens is 8. The number of nitrogens with zero attached hydrogens (tertiary/aromatic N) is 9. The van der Waals surface area contributed by atoms with Crippen LogP contribution in [-0.4, -0.2) is 128 Å². The third-order valence-corrected chi connectivity index (χ3v) is 14.2. The number of anilines is 2. The molecule has 4 aliphatic rings. The van der Waals surface area contributed by atoms with E-state index in [-0.39, 0.29) is 53.8 Å². The number of imide groups is 4. The van der Waals surface area contributed by atoms with Crippen LogP contribution in [0.15, 0.2) is 86.0 Å². The number of piperidine rings is 2. The molecule has 2 atom stereocenters. The monoisotopic (exact) mass is 1400 g/mol. The van der Waals surface area contributed by atoms with E-state index in [9.17, 15) is 38.4 Å². The third kappa shape index (κ3) is 15.5. The van der Waals surface area contributed by atoms with Crippen LogP contribution in [0.1, 0.15) is 111 Å². The van der Waals surface area contributed by atoms with Gasteiger partial charge in [0.05, 0.1) is 63.3 Å². The van der Waals surface area contributed by atoms with Gasteiger partial charge in [0.1, 0.15) is 12.1 Å². The minimum atomic E-state index is -0.972. The zero-order valence-corrected chi connectivity index (χ0v) is 48.6. The summed E-state index contributed by atoms with van der Waals surface area (Å²) in [6.45, 7) is 4.52. The lowest BCUT2D eigenvalue weighted by Crippen LogP contribution is -2.54. The largest absolute Gasteiger partial charge is 0.384 e. The molecule has 26 heteroatoms. The second-order valence-electron chi connectivity index (χ2n) is 18.0. The van der Waals surface area contributed by atoms with E-state index >= 15 is 0 Å². The second kappa shape index (κ2) is 28.7.